The van der Waals surface area contributed by atoms with Gasteiger partial charge in [-0.05, 0) is 74.1 Å². The second-order valence-electron chi connectivity index (χ2n) is 7.91. The van der Waals surface area contributed by atoms with Gasteiger partial charge in [0.2, 0.25) is 0 Å². The van der Waals surface area contributed by atoms with Gasteiger partial charge in [0.05, 0.1) is 11.7 Å². The van der Waals surface area contributed by atoms with Crippen molar-refractivity contribution in [3.8, 4) is 5.69 Å². The first-order valence-corrected chi connectivity index (χ1v) is 10.4. The molecule has 0 saturated carbocycles. The molecule has 30 heavy (non-hydrogen) atoms. The third kappa shape index (κ3) is 3.07. The molecule has 0 saturated heterocycles. The monoisotopic (exact) mass is 396 g/mol. The molecule has 2 heterocycles. The summed E-state index contributed by atoms with van der Waals surface area (Å²) in [5.41, 5.74) is 6.78. The number of nitrogens with one attached hydrogen (secondary N) is 1. The van der Waals surface area contributed by atoms with Crippen molar-refractivity contribution in [2.45, 2.75) is 39.2 Å². The van der Waals surface area contributed by atoms with Crippen LogP contribution in [-0.4, -0.2) is 20.4 Å². The Bertz CT molecular complexity index is 1260. The lowest BCUT2D eigenvalue weighted by molar-refractivity contribution is 0.0932. The average Bonchev–Trinajstić information content (AvgIpc) is 3.10. The first-order chi connectivity index (χ1) is 14.6. The topological polar surface area (TPSA) is 59.8 Å². The standard InChI is InChI=1S/C25H24N4O/c1-16-19(25(30)28-21-12-5-9-18-8-3-4-10-20(18)21)11-6-14-23(16)29-17(2)27-22-13-7-15-26-24(22)29/h3-4,6-8,10-11,13-15,21H,5,9,12H2,1-2H3,(H,28,30). The minimum atomic E-state index is -0.0360. The van der Waals surface area contributed by atoms with Gasteiger partial charge in [0, 0.05) is 11.8 Å². The number of pyridine rings is 1. The number of aryl methyl sites for hydroxylation is 2. The molecule has 0 radical (unpaired) electrons. The second kappa shape index (κ2) is 7.41. The summed E-state index contributed by atoms with van der Waals surface area (Å²) < 4.78 is 2.03. The minimum absolute atomic E-state index is 0.0360. The lowest BCUT2D eigenvalue weighted by atomic mass is 9.87. The Hall–Kier alpha value is -3.47. The number of amides is 1. The van der Waals surface area contributed by atoms with E-state index in [2.05, 4.69) is 39.6 Å². The maximum absolute atomic E-state index is 13.3. The molecule has 2 aromatic heterocycles. The van der Waals surface area contributed by atoms with Crippen molar-refractivity contribution in [3.63, 3.8) is 0 Å². The third-order valence-corrected chi connectivity index (χ3v) is 6.05. The molecule has 5 rings (SSSR count). The molecule has 1 N–H and O–H groups in total. The molecule has 0 aliphatic heterocycles. The van der Waals surface area contributed by atoms with E-state index >= 15 is 0 Å². The quantitative estimate of drug-likeness (QED) is 0.539. The van der Waals surface area contributed by atoms with E-state index in [0.29, 0.717) is 5.56 Å². The van der Waals surface area contributed by atoms with Crippen molar-refractivity contribution in [1.29, 1.82) is 0 Å². The van der Waals surface area contributed by atoms with E-state index in [1.165, 1.54) is 11.1 Å². The van der Waals surface area contributed by atoms with Crippen molar-refractivity contribution in [3.05, 3.63) is 88.9 Å². The van der Waals surface area contributed by atoms with Gasteiger partial charge in [0.15, 0.2) is 5.65 Å². The van der Waals surface area contributed by atoms with Crippen LogP contribution in [0.5, 0.6) is 0 Å². The van der Waals surface area contributed by atoms with Crippen molar-refractivity contribution in [2.24, 2.45) is 0 Å². The van der Waals surface area contributed by atoms with Crippen molar-refractivity contribution in [1.82, 2.24) is 19.9 Å². The molecule has 5 heteroatoms. The normalized spacial score (nSPS) is 15.7. The van der Waals surface area contributed by atoms with Gasteiger partial charge in [0.25, 0.3) is 5.91 Å². The van der Waals surface area contributed by atoms with E-state index in [4.69, 9.17) is 0 Å². The molecular formula is C25H24N4O. The SMILES string of the molecule is Cc1c(C(=O)NC2CCCc3ccccc32)cccc1-n1c(C)nc2cccnc21. The van der Waals surface area contributed by atoms with E-state index < -0.39 is 0 Å². The Balaban J connectivity index is 1.51. The Labute approximate surface area is 175 Å². The highest BCUT2D eigenvalue weighted by Crippen LogP contribution is 2.30. The minimum Gasteiger partial charge on any atom is -0.345 e. The highest BCUT2D eigenvalue weighted by atomic mass is 16.1. The number of hydrogen-bond acceptors (Lipinski definition) is 3. The van der Waals surface area contributed by atoms with Crippen LogP contribution in [0.1, 0.15) is 51.8 Å². The van der Waals surface area contributed by atoms with Gasteiger partial charge in [-0.25, -0.2) is 9.97 Å². The molecule has 1 unspecified atom stereocenters. The van der Waals surface area contributed by atoms with Crippen molar-refractivity contribution < 1.29 is 4.79 Å². The highest BCUT2D eigenvalue weighted by molar-refractivity contribution is 5.97. The summed E-state index contributed by atoms with van der Waals surface area (Å²) >= 11 is 0. The van der Waals surface area contributed by atoms with E-state index in [0.717, 1.165) is 47.5 Å². The summed E-state index contributed by atoms with van der Waals surface area (Å²) in [7, 11) is 0. The van der Waals surface area contributed by atoms with Gasteiger partial charge in [0.1, 0.15) is 11.3 Å². The zero-order valence-electron chi connectivity index (χ0n) is 17.2. The van der Waals surface area contributed by atoms with Crippen LogP contribution in [0.2, 0.25) is 0 Å². The van der Waals surface area contributed by atoms with Crippen LogP contribution in [0.15, 0.2) is 60.8 Å². The van der Waals surface area contributed by atoms with Crippen LogP contribution in [0.4, 0.5) is 0 Å². The Morgan fingerprint density at radius 1 is 1.07 bits per heavy atom. The molecule has 150 valence electrons. The van der Waals surface area contributed by atoms with Gasteiger partial charge in [-0.2, -0.15) is 0 Å². The van der Waals surface area contributed by atoms with Gasteiger partial charge < -0.3 is 5.32 Å². The van der Waals surface area contributed by atoms with E-state index in [1.54, 1.807) is 6.20 Å². The molecule has 0 bridgehead atoms. The maximum Gasteiger partial charge on any atom is 0.252 e. The van der Waals surface area contributed by atoms with Crippen LogP contribution in [0.3, 0.4) is 0 Å². The Morgan fingerprint density at radius 3 is 2.83 bits per heavy atom. The Kier molecular flexibility index (Phi) is 4.58. The van der Waals surface area contributed by atoms with Crippen LogP contribution < -0.4 is 5.32 Å². The number of carbonyl (C=O) groups excluding carboxylic acids is 1. The molecule has 5 nitrogen and oxygen atoms in total. The third-order valence-electron chi connectivity index (χ3n) is 6.05. The van der Waals surface area contributed by atoms with Gasteiger partial charge in [-0.3, -0.25) is 9.36 Å². The summed E-state index contributed by atoms with van der Waals surface area (Å²) in [6.07, 6.45) is 4.91. The molecule has 1 aliphatic rings. The van der Waals surface area contributed by atoms with Crippen molar-refractivity contribution >= 4 is 17.1 Å². The zero-order valence-corrected chi connectivity index (χ0v) is 17.2. The number of benzene rings is 2. The maximum atomic E-state index is 13.3. The van der Waals surface area contributed by atoms with Crippen LogP contribution in [0.25, 0.3) is 16.9 Å². The van der Waals surface area contributed by atoms with Crippen molar-refractivity contribution in [2.75, 3.05) is 0 Å². The number of aromatic nitrogens is 3. The zero-order chi connectivity index (χ0) is 20.7. The highest BCUT2D eigenvalue weighted by Gasteiger charge is 2.23. The van der Waals surface area contributed by atoms with E-state index in [9.17, 15) is 4.79 Å². The fourth-order valence-corrected chi connectivity index (χ4v) is 4.57. The molecule has 1 atom stereocenters. The number of fused-ring (bicyclic) bond motifs is 2. The smallest absolute Gasteiger partial charge is 0.252 e. The van der Waals surface area contributed by atoms with E-state index in [-0.39, 0.29) is 11.9 Å². The fourth-order valence-electron chi connectivity index (χ4n) is 4.57. The lowest BCUT2D eigenvalue weighted by Crippen LogP contribution is -2.31. The van der Waals surface area contributed by atoms with Gasteiger partial charge in [-0.1, -0.05) is 30.3 Å². The van der Waals surface area contributed by atoms with Crippen LogP contribution in [-0.2, 0) is 6.42 Å². The number of carbonyl (C=O) groups is 1. The fraction of sp³-hybridized carbons (Fsp3) is 0.240. The number of hydrogen-bond donors (Lipinski definition) is 1. The summed E-state index contributed by atoms with van der Waals surface area (Å²) in [6, 6.07) is 18.2. The average molecular weight is 396 g/mol. The number of imidazole rings is 1. The van der Waals surface area contributed by atoms with E-state index in [1.807, 2.05) is 48.7 Å². The number of rotatable bonds is 3. The second-order valence-corrected chi connectivity index (χ2v) is 7.91. The summed E-state index contributed by atoms with van der Waals surface area (Å²) in [5.74, 6) is 0.816. The molecule has 2 aromatic carbocycles. The van der Waals surface area contributed by atoms with Crippen LogP contribution >= 0.6 is 0 Å². The molecule has 4 aromatic rings. The molecule has 1 amide bonds. The molecule has 1 aliphatic carbocycles. The Morgan fingerprint density at radius 2 is 1.93 bits per heavy atom. The molecule has 0 spiro atoms. The van der Waals surface area contributed by atoms with Crippen LogP contribution in [0, 0.1) is 13.8 Å². The summed E-state index contributed by atoms with van der Waals surface area (Å²) in [6.45, 7) is 3.96. The molecular weight excluding hydrogens is 372 g/mol. The number of nitrogens with zero attached hydrogens (tertiary/aromatic N) is 3. The van der Waals surface area contributed by atoms with Gasteiger partial charge in [-0.15, -0.1) is 0 Å². The largest absolute Gasteiger partial charge is 0.345 e. The lowest BCUT2D eigenvalue weighted by Gasteiger charge is -2.26. The summed E-state index contributed by atoms with van der Waals surface area (Å²) in [5, 5.41) is 3.28. The van der Waals surface area contributed by atoms with Gasteiger partial charge >= 0.3 is 0 Å². The molecule has 0 fully saturated rings. The predicted octanol–water partition coefficient (Wildman–Crippen LogP) is 4.84. The summed E-state index contributed by atoms with van der Waals surface area (Å²) in [4.78, 5) is 22.4. The first-order valence-electron chi connectivity index (χ1n) is 10.4. The first kappa shape index (κ1) is 18.6. The predicted molar refractivity (Wildman–Crippen MR) is 118 cm³/mol.